The molecule has 1 atom stereocenters. The molecular formula is C14H17FN2. The molecule has 0 radical (unpaired) electrons. The molecule has 1 aliphatic heterocycles. The molecule has 0 spiro atoms. The maximum absolute atomic E-state index is 13.4. The number of nitrogens with zero attached hydrogens (tertiary/aromatic N) is 2. The molecule has 1 fully saturated rings. The maximum Gasteiger partial charge on any atom is 0.141 e. The summed E-state index contributed by atoms with van der Waals surface area (Å²) in [6.45, 7) is 3.94. The van der Waals surface area contributed by atoms with Crippen molar-refractivity contribution in [1.29, 1.82) is 5.26 Å². The summed E-state index contributed by atoms with van der Waals surface area (Å²) < 4.78 is 13.4. The van der Waals surface area contributed by atoms with Crippen LogP contribution in [0.2, 0.25) is 0 Å². The van der Waals surface area contributed by atoms with Crippen molar-refractivity contribution >= 4 is 0 Å². The van der Waals surface area contributed by atoms with E-state index in [1.165, 1.54) is 25.3 Å². The lowest BCUT2D eigenvalue weighted by Crippen LogP contribution is -2.46. The monoisotopic (exact) mass is 232 g/mol. The van der Waals surface area contributed by atoms with Gasteiger partial charge in [0.25, 0.3) is 0 Å². The molecule has 1 aliphatic rings. The van der Waals surface area contributed by atoms with Crippen molar-refractivity contribution in [3.8, 4) is 6.07 Å². The van der Waals surface area contributed by atoms with Gasteiger partial charge < -0.3 is 0 Å². The van der Waals surface area contributed by atoms with Gasteiger partial charge in [-0.1, -0.05) is 25.5 Å². The Hall–Kier alpha value is -1.40. The standard InChI is InChI=1S/C14H17FN2/c1-2-4-12-7-8-17(12)10-11-5-3-6-14(15)13(11)9-16/h3,5-6,12H,2,4,7-8,10H2,1H3. The number of halogens is 1. The smallest absolute Gasteiger partial charge is 0.141 e. The molecule has 0 aliphatic carbocycles. The van der Waals surface area contributed by atoms with Crippen molar-refractivity contribution in [3.63, 3.8) is 0 Å². The number of likely N-dealkylation sites (tertiary alicyclic amines) is 1. The lowest BCUT2D eigenvalue weighted by molar-refractivity contribution is 0.0746. The highest BCUT2D eigenvalue weighted by Gasteiger charge is 2.27. The average molecular weight is 232 g/mol. The zero-order valence-electron chi connectivity index (χ0n) is 10.1. The first kappa shape index (κ1) is 12.1. The van der Waals surface area contributed by atoms with Crippen molar-refractivity contribution in [3.05, 3.63) is 35.1 Å². The van der Waals surface area contributed by atoms with Gasteiger partial charge in [0.05, 0.1) is 5.56 Å². The topological polar surface area (TPSA) is 27.0 Å². The van der Waals surface area contributed by atoms with Crippen LogP contribution in [-0.4, -0.2) is 17.5 Å². The third kappa shape index (κ3) is 2.48. The normalized spacial score (nSPS) is 19.7. The van der Waals surface area contributed by atoms with Gasteiger partial charge in [0.15, 0.2) is 0 Å². The predicted molar refractivity (Wildman–Crippen MR) is 64.8 cm³/mol. The van der Waals surface area contributed by atoms with Crippen LogP contribution in [0.3, 0.4) is 0 Å². The quantitative estimate of drug-likeness (QED) is 0.797. The molecule has 17 heavy (non-hydrogen) atoms. The highest BCUT2D eigenvalue weighted by molar-refractivity contribution is 5.38. The molecule has 0 bridgehead atoms. The summed E-state index contributed by atoms with van der Waals surface area (Å²) >= 11 is 0. The number of nitriles is 1. The van der Waals surface area contributed by atoms with Crippen LogP contribution in [0, 0.1) is 17.1 Å². The summed E-state index contributed by atoms with van der Waals surface area (Å²) in [4.78, 5) is 2.33. The number of benzene rings is 1. The molecule has 0 saturated carbocycles. The van der Waals surface area contributed by atoms with Crippen LogP contribution in [0.1, 0.15) is 37.3 Å². The van der Waals surface area contributed by atoms with Crippen LogP contribution in [0.25, 0.3) is 0 Å². The lowest BCUT2D eigenvalue weighted by atomic mass is 9.96. The SMILES string of the molecule is CCCC1CCN1Cc1cccc(F)c1C#N. The number of rotatable bonds is 4. The highest BCUT2D eigenvalue weighted by Crippen LogP contribution is 2.25. The third-order valence-electron chi connectivity index (χ3n) is 3.47. The van der Waals surface area contributed by atoms with Gasteiger partial charge in [-0.2, -0.15) is 5.26 Å². The predicted octanol–water partition coefficient (Wildman–Crippen LogP) is 3.07. The summed E-state index contributed by atoms with van der Waals surface area (Å²) in [5, 5.41) is 8.96. The van der Waals surface area contributed by atoms with Crippen molar-refractivity contribution in [2.24, 2.45) is 0 Å². The molecule has 1 heterocycles. The molecule has 1 aromatic carbocycles. The van der Waals surface area contributed by atoms with Crippen LogP contribution in [0.4, 0.5) is 4.39 Å². The van der Waals surface area contributed by atoms with E-state index in [0.717, 1.165) is 12.1 Å². The van der Waals surface area contributed by atoms with Crippen LogP contribution < -0.4 is 0 Å². The molecule has 90 valence electrons. The van der Waals surface area contributed by atoms with Crippen molar-refractivity contribution in [2.45, 2.75) is 38.8 Å². The summed E-state index contributed by atoms with van der Waals surface area (Å²) in [5.74, 6) is -0.405. The Morgan fingerprint density at radius 3 is 2.94 bits per heavy atom. The van der Waals surface area contributed by atoms with E-state index < -0.39 is 5.82 Å². The maximum atomic E-state index is 13.4. The van der Waals surface area contributed by atoms with Crippen LogP contribution >= 0.6 is 0 Å². The zero-order chi connectivity index (χ0) is 12.3. The van der Waals surface area contributed by atoms with Gasteiger partial charge in [-0.25, -0.2) is 4.39 Å². The molecule has 2 rings (SSSR count). The van der Waals surface area contributed by atoms with E-state index in [9.17, 15) is 4.39 Å². The van der Waals surface area contributed by atoms with Crippen molar-refractivity contribution in [1.82, 2.24) is 4.90 Å². The Bertz CT molecular complexity index is 436. The van der Waals surface area contributed by atoms with Gasteiger partial charge in [-0.05, 0) is 24.5 Å². The van der Waals surface area contributed by atoms with E-state index in [4.69, 9.17) is 5.26 Å². The summed E-state index contributed by atoms with van der Waals surface area (Å²) in [7, 11) is 0. The molecule has 2 nitrogen and oxygen atoms in total. The van der Waals surface area contributed by atoms with Crippen molar-refractivity contribution < 1.29 is 4.39 Å². The van der Waals surface area contributed by atoms with E-state index in [1.54, 1.807) is 6.07 Å². The Morgan fingerprint density at radius 1 is 1.53 bits per heavy atom. The van der Waals surface area contributed by atoms with Crippen molar-refractivity contribution in [2.75, 3.05) is 6.54 Å². The molecular weight excluding hydrogens is 215 g/mol. The molecule has 1 aromatic rings. The zero-order valence-corrected chi connectivity index (χ0v) is 10.1. The van der Waals surface area contributed by atoms with Gasteiger partial charge in [0.1, 0.15) is 11.9 Å². The second-order valence-electron chi connectivity index (χ2n) is 4.59. The molecule has 1 saturated heterocycles. The third-order valence-corrected chi connectivity index (χ3v) is 3.47. The minimum atomic E-state index is -0.405. The second kappa shape index (κ2) is 5.29. The second-order valence-corrected chi connectivity index (χ2v) is 4.59. The molecule has 1 unspecified atom stereocenters. The minimum Gasteiger partial charge on any atom is -0.296 e. The van der Waals surface area contributed by atoms with Gasteiger partial charge in [0.2, 0.25) is 0 Å². The average Bonchev–Trinajstić information content (AvgIpc) is 2.32. The van der Waals surface area contributed by atoms with Gasteiger partial charge in [-0.15, -0.1) is 0 Å². The Kier molecular flexibility index (Phi) is 3.75. The van der Waals surface area contributed by atoms with E-state index >= 15 is 0 Å². The van der Waals surface area contributed by atoms with Crippen LogP contribution in [-0.2, 0) is 6.54 Å². The molecule has 0 amide bonds. The van der Waals surface area contributed by atoms with Gasteiger partial charge in [-0.3, -0.25) is 4.90 Å². The molecule has 0 N–H and O–H groups in total. The van der Waals surface area contributed by atoms with Crippen LogP contribution in [0.5, 0.6) is 0 Å². The van der Waals surface area contributed by atoms with Crippen LogP contribution in [0.15, 0.2) is 18.2 Å². The first-order valence-corrected chi connectivity index (χ1v) is 6.17. The van der Waals surface area contributed by atoms with Gasteiger partial charge in [0, 0.05) is 19.1 Å². The highest BCUT2D eigenvalue weighted by atomic mass is 19.1. The van der Waals surface area contributed by atoms with Gasteiger partial charge >= 0.3 is 0 Å². The summed E-state index contributed by atoms with van der Waals surface area (Å²) in [6.07, 6.45) is 3.59. The lowest BCUT2D eigenvalue weighted by Gasteiger charge is -2.41. The summed E-state index contributed by atoms with van der Waals surface area (Å²) in [6, 6.07) is 7.46. The first-order chi connectivity index (χ1) is 8.26. The van der Waals surface area contributed by atoms with E-state index in [1.807, 2.05) is 12.1 Å². The fourth-order valence-electron chi connectivity index (χ4n) is 2.41. The Morgan fingerprint density at radius 2 is 2.35 bits per heavy atom. The van der Waals surface area contributed by atoms with E-state index in [-0.39, 0.29) is 5.56 Å². The van der Waals surface area contributed by atoms with E-state index in [0.29, 0.717) is 12.6 Å². The fourth-order valence-corrected chi connectivity index (χ4v) is 2.41. The molecule has 0 aromatic heterocycles. The first-order valence-electron chi connectivity index (χ1n) is 6.17. The van der Waals surface area contributed by atoms with E-state index in [2.05, 4.69) is 11.8 Å². The number of hydrogen-bond donors (Lipinski definition) is 0. The molecule has 3 heteroatoms. The summed E-state index contributed by atoms with van der Waals surface area (Å²) in [5.41, 5.74) is 1.02. The minimum absolute atomic E-state index is 0.203. The number of hydrogen-bond acceptors (Lipinski definition) is 2. The fraction of sp³-hybridized carbons (Fsp3) is 0.500. The largest absolute Gasteiger partial charge is 0.296 e. The Balaban J connectivity index is 2.09. The Labute approximate surface area is 102 Å².